The first-order chi connectivity index (χ1) is 15.2. The fourth-order valence-corrected chi connectivity index (χ4v) is 5.62. The minimum atomic E-state index is -0.183. The fraction of sp³-hybridized carbons (Fsp3) is 0.667. The highest BCUT2D eigenvalue weighted by Crippen LogP contribution is 2.31. The van der Waals surface area contributed by atoms with Crippen LogP contribution in [-0.2, 0) is 22.7 Å². The normalized spacial score (nSPS) is 26.2. The molecule has 1 aromatic carbocycles. The number of imide groups is 1. The Hall–Kier alpha value is -1.96. The number of anilines is 1. The van der Waals surface area contributed by atoms with Crippen LogP contribution < -0.4 is 15.5 Å². The lowest BCUT2D eigenvalue weighted by Crippen LogP contribution is -2.50. The van der Waals surface area contributed by atoms with Crippen LogP contribution in [0.1, 0.15) is 43.2 Å². The van der Waals surface area contributed by atoms with Gasteiger partial charge in [-0.05, 0) is 74.5 Å². The Kier molecular flexibility index (Phi) is 6.25. The van der Waals surface area contributed by atoms with E-state index < -0.39 is 0 Å². The van der Waals surface area contributed by atoms with Crippen LogP contribution >= 0.6 is 0 Å². The highest BCUT2D eigenvalue weighted by atomic mass is 16.2. The number of nitrogens with one attached hydrogen (secondary N) is 2. The third-order valence-electron chi connectivity index (χ3n) is 7.64. The summed E-state index contributed by atoms with van der Waals surface area (Å²) in [5, 5.41) is 5.96. The molecular weight excluding hydrogens is 390 g/mol. The first-order valence-corrected chi connectivity index (χ1v) is 12.0. The van der Waals surface area contributed by atoms with Crippen molar-refractivity contribution in [1.82, 2.24) is 20.4 Å². The van der Waals surface area contributed by atoms with E-state index in [1.807, 2.05) is 0 Å². The Bertz CT molecular complexity index is 814. The summed E-state index contributed by atoms with van der Waals surface area (Å²) < 4.78 is 0. The number of rotatable bonds is 5. The Morgan fingerprint density at radius 2 is 1.71 bits per heavy atom. The van der Waals surface area contributed by atoms with Crippen LogP contribution in [0.3, 0.4) is 0 Å². The van der Waals surface area contributed by atoms with E-state index in [4.69, 9.17) is 0 Å². The molecule has 3 fully saturated rings. The standard InChI is InChI=1S/C24H35N5O2/c30-23-4-3-22(24(31)26-23)29-16-19-1-2-21(15-20(19)17-29)28-13-11-27(12-14-28)10-7-18-5-8-25-9-6-18/h1-2,15,18,22,25H,3-14,16-17H2,(H,26,30,31). The molecule has 0 aliphatic carbocycles. The fourth-order valence-electron chi connectivity index (χ4n) is 5.62. The van der Waals surface area contributed by atoms with Gasteiger partial charge in [-0.2, -0.15) is 0 Å². The molecule has 0 spiro atoms. The van der Waals surface area contributed by atoms with Gasteiger partial charge >= 0.3 is 0 Å². The molecule has 0 bridgehead atoms. The third kappa shape index (κ3) is 4.78. The highest BCUT2D eigenvalue weighted by Gasteiger charge is 2.35. The molecule has 168 valence electrons. The lowest BCUT2D eigenvalue weighted by Gasteiger charge is -2.37. The Balaban J connectivity index is 1.13. The van der Waals surface area contributed by atoms with Crippen molar-refractivity contribution in [2.24, 2.45) is 5.92 Å². The van der Waals surface area contributed by atoms with Gasteiger partial charge in [-0.3, -0.25) is 24.7 Å². The van der Waals surface area contributed by atoms with Gasteiger partial charge in [0.15, 0.2) is 0 Å². The molecule has 7 nitrogen and oxygen atoms in total. The summed E-state index contributed by atoms with van der Waals surface area (Å²) in [7, 11) is 0. The Morgan fingerprint density at radius 3 is 2.48 bits per heavy atom. The number of fused-ring (bicyclic) bond motifs is 1. The van der Waals surface area contributed by atoms with Gasteiger partial charge in [0.2, 0.25) is 11.8 Å². The quantitative estimate of drug-likeness (QED) is 0.694. The number of carbonyl (C=O) groups is 2. The molecule has 0 aromatic heterocycles. The Labute approximate surface area is 185 Å². The van der Waals surface area contributed by atoms with Crippen LogP contribution in [0, 0.1) is 5.92 Å². The summed E-state index contributed by atoms with van der Waals surface area (Å²) in [6.45, 7) is 9.68. The smallest absolute Gasteiger partial charge is 0.243 e. The topological polar surface area (TPSA) is 67.9 Å². The Morgan fingerprint density at radius 1 is 0.935 bits per heavy atom. The summed E-state index contributed by atoms with van der Waals surface area (Å²) >= 11 is 0. The maximum Gasteiger partial charge on any atom is 0.243 e. The van der Waals surface area contributed by atoms with E-state index in [2.05, 4.69) is 43.5 Å². The van der Waals surface area contributed by atoms with E-state index in [9.17, 15) is 9.59 Å². The van der Waals surface area contributed by atoms with Crippen molar-refractivity contribution in [3.8, 4) is 0 Å². The molecule has 4 aliphatic heterocycles. The van der Waals surface area contributed by atoms with Gasteiger partial charge in [0.1, 0.15) is 0 Å². The predicted octanol–water partition coefficient (Wildman–Crippen LogP) is 1.32. The summed E-state index contributed by atoms with van der Waals surface area (Å²) in [4.78, 5) is 31.1. The van der Waals surface area contributed by atoms with E-state index in [1.54, 1.807) is 0 Å². The monoisotopic (exact) mass is 425 g/mol. The summed E-state index contributed by atoms with van der Waals surface area (Å²) in [5.41, 5.74) is 3.95. The maximum atomic E-state index is 12.3. The number of hydrogen-bond donors (Lipinski definition) is 2. The summed E-state index contributed by atoms with van der Waals surface area (Å²) in [5.74, 6) is 0.628. The van der Waals surface area contributed by atoms with Crippen LogP contribution in [0.4, 0.5) is 5.69 Å². The highest BCUT2D eigenvalue weighted by molar-refractivity contribution is 6.00. The molecule has 0 saturated carbocycles. The first kappa shape index (κ1) is 20.9. The molecule has 1 atom stereocenters. The van der Waals surface area contributed by atoms with Crippen molar-refractivity contribution < 1.29 is 9.59 Å². The molecule has 2 N–H and O–H groups in total. The molecule has 4 aliphatic rings. The first-order valence-electron chi connectivity index (χ1n) is 12.0. The van der Waals surface area contributed by atoms with Gasteiger partial charge in [-0.15, -0.1) is 0 Å². The number of hydrogen-bond acceptors (Lipinski definition) is 6. The van der Waals surface area contributed by atoms with E-state index >= 15 is 0 Å². The van der Waals surface area contributed by atoms with Gasteiger partial charge in [0.05, 0.1) is 6.04 Å². The summed E-state index contributed by atoms with van der Waals surface area (Å²) in [6, 6.07) is 6.63. The van der Waals surface area contributed by atoms with Crippen molar-refractivity contribution >= 4 is 17.5 Å². The van der Waals surface area contributed by atoms with Gasteiger partial charge in [-0.25, -0.2) is 0 Å². The van der Waals surface area contributed by atoms with Crippen molar-refractivity contribution in [3.63, 3.8) is 0 Å². The molecule has 3 saturated heterocycles. The SMILES string of the molecule is O=C1CCC(N2Cc3ccc(N4CCN(CCC5CCNCC5)CC4)cc3C2)C(=O)N1. The van der Waals surface area contributed by atoms with E-state index in [0.717, 1.165) is 45.2 Å². The van der Waals surface area contributed by atoms with Crippen molar-refractivity contribution in [2.75, 3.05) is 50.7 Å². The van der Waals surface area contributed by atoms with Crippen LogP contribution in [0.5, 0.6) is 0 Å². The van der Waals surface area contributed by atoms with Crippen LogP contribution in [-0.4, -0.2) is 73.5 Å². The molecule has 0 radical (unpaired) electrons. The number of piperazine rings is 1. The minimum absolute atomic E-state index is 0.134. The number of carbonyl (C=O) groups excluding carboxylic acids is 2. The minimum Gasteiger partial charge on any atom is -0.369 e. The second-order valence-corrected chi connectivity index (χ2v) is 9.64. The average molecular weight is 426 g/mol. The second-order valence-electron chi connectivity index (χ2n) is 9.64. The van der Waals surface area contributed by atoms with E-state index in [1.165, 1.54) is 55.7 Å². The molecule has 4 heterocycles. The van der Waals surface area contributed by atoms with E-state index in [-0.39, 0.29) is 17.9 Å². The summed E-state index contributed by atoms with van der Waals surface area (Å²) in [6.07, 6.45) is 5.09. The number of amides is 2. The lowest BCUT2D eigenvalue weighted by atomic mass is 9.94. The largest absolute Gasteiger partial charge is 0.369 e. The zero-order chi connectivity index (χ0) is 21.2. The van der Waals surface area contributed by atoms with Crippen LogP contribution in [0.2, 0.25) is 0 Å². The lowest BCUT2D eigenvalue weighted by molar-refractivity contribution is -0.137. The zero-order valence-electron chi connectivity index (χ0n) is 18.4. The van der Waals surface area contributed by atoms with Gasteiger partial charge in [0, 0.05) is 51.4 Å². The van der Waals surface area contributed by atoms with Gasteiger partial charge < -0.3 is 10.2 Å². The van der Waals surface area contributed by atoms with Crippen LogP contribution in [0.15, 0.2) is 18.2 Å². The van der Waals surface area contributed by atoms with Crippen molar-refractivity contribution in [1.29, 1.82) is 0 Å². The molecule has 31 heavy (non-hydrogen) atoms. The molecule has 5 rings (SSSR count). The maximum absolute atomic E-state index is 12.3. The number of piperidine rings is 2. The van der Waals surface area contributed by atoms with Crippen LogP contribution in [0.25, 0.3) is 0 Å². The predicted molar refractivity (Wildman–Crippen MR) is 121 cm³/mol. The molecule has 1 aromatic rings. The number of nitrogens with zero attached hydrogens (tertiary/aromatic N) is 3. The van der Waals surface area contributed by atoms with E-state index in [0.29, 0.717) is 12.8 Å². The third-order valence-corrected chi connectivity index (χ3v) is 7.64. The van der Waals surface area contributed by atoms with Gasteiger partial charge in [-0.1, -0.05) is 6.07 Å². The average Bonchev–Trinajstić information content (AvgIpc) is 3.22. The molecule has 1 unspecified atom stereocenters. The molecule has 2 amide bonds. The molecular formula is C24H35N5O2. The molecule has 7 heteroatoms. The second kappa shape index (κ2) is 9.27. The van der Waals surface area contributed by atoms with Crippen molar-refractivity contribution in [2.45, 2.75) is 51.2 Å². The van der Waals surface area contributed by atoms with Crippen molar-refractivity contribution in [3.05, 3.63) is 29.3 Å². The van der Waals surface area contributed by atoms with Gasteiger partial charge in [0.25, 0.3) is 0 Å². The number of benzene rings is 1. The zero-order valence-corrected chi connectivity index (χ0v) is 18.4.